The molecule has 2 aromatic rings. The molecule has 0 saturated carbocycles. The molecule has 2 atom stereocenters. The average Bonchev–Trinajstić information content (AvgIpc) is 2.85. The van der Waals surface area contributed by atoms with Gasteiger partial charge in [-0.1, -0.05) is 56.3 Å². The largest absolute Gasteiger partial charge is 0.475 e. The summed E-state index contributed by atoms with van der Waals surface area (Å²) in [5, 5.41) is 28.9. The molecule has 11 heteroatoms. The summed E-state index contributed by atoms with van der Waals surface area (Å²) in [5.74, 6) is -1.82. The highest BCUT2D eigenvalue weighted by Crippen LogP contribution is 2.17. The third kappa shape index (κ3) is 12.2. The summed E-state index contributed by atoms with van der Waals surface area (Å²) in [6.45, 7) is 8.56. The Balaban J connectivity index is 2.03. The number of nitrogens with one attached hydrogen (secondary N) is 3. The Bertz CT molecular complexity index is 1160. The first-order valence-corrected chi connectivity index (χ1v) is 13.7. The molecule has 40 heavy (non-hydrogen) atoms. The Morgan fingerprint density at radius 2 is 1.62 bits per heavy atom. The molecule has 0 aliphatic rings. The maximum atomic E-state index is 13.3. The third-order valence-electron chi connectivity index (χ3n) is 6.04. The van der Waals surface area contributed by atoms with Crippen molar-refractivity contribution in [3.8, 4) is 0 Å². The first kappa shape index (κ1) is 32.8. The zero-order valence-corrected chi connectivity index (χ0v) is 24.0. The molecule has 10 nitrogen and oxygen atoms in total. The molecule has 0 heterocycles. The molecule has 218 valence electrons. The zero-order valence-electron chi connectivity index (χ0n) is 24.0. The molecule has 0 aliphatic heterocycles. The maximum absolute atomic E-state index is 13.3. The molecule has 0 bridgehead atoms. The summed E-state index contributed by atoms with van der Waals surface area (Å²) < 4.78 is 5.14. The van der Waals surface area contributed by atoms with Gasteiger partial charge in [0.1, 0.15) is 12.1 Å². The minimum Gasteiger partial charge on any atom is -0.444 e. The van der Waals surface area contributed by atoms with E-state index in [1.54, 1.807) is 20.8 Å². The van der Waals surface area contributed by atoms with Crippen molar-refractivity contribution >= 4 is 41.6 Å². The van der Waals surface area contributed by atoms with Crippen LogP contribution < -0.4 is 16.0 Å². The van der Waals surface area contributed by atoms with Crippen LogP contribution in [0, 0.1) is 5.92 Å². The van der Waals surface area contributed by atoms with Crippen LogP contribution in [-0.4, -0.2) is 65.0 Å². The number of benzene rings is 2. The summed E-state index contributed by atoms with van der Waals surface area (Å²) in [5.41, 5.74) is 0.0701. The number of hydrogen-bond acceptors (Lipinski definition) is 7. The summed E-state index contributed by atoms with van der Waals surface area (Å²) >= 11 is 0. The lowest BCUT2D eigenvalue weighted by Crippen LogP contribution is -2.48. The topological polar surface area (TPSA) is 154 Å². The van der Waals surface area contributed by atoms with Crippen LogP contribution >= 0.6 is 0 Å². The first-order valence-electron chi connectivity index (χ1n) is 13.7. The number of alkyl carbamates (subject to hydrolysis) is 1. The Morgan fingerprint density at radius 1 is 0.950 bits per heavy atom. The summed E-state index contributed by atoms with van der Waals surface area (Å²) in [6.07, 6.45) is 0.225. The van der Waals surface area contributed by atoms with Gasteiger partial charge in [-0.2, -0.15) is 0 Å². The van der Waals surface area contributed by atoms with Crippen molar-refractivity contribution < 1.29 is 34.0 Å². The fourth-order valence-corrected chi connectivity index (χ4v) is 4.21. The molecule has 3 amide bonds. The van der Waals surface area contributed by atoms with E-state index >= 15 is 0 Å². The number of hydrogen-bond donors (Lipinski definition) is 5. The Hall–Kier alpha value is -3.44. The zero-order chi connectivity index (χ0) is 29.9. The van der Waals surface area contributed by atoms with E-state index in [2.05, 4.69) is 16.0 Å². The van der Waals surface area contributed by atoms with Gasteiger partial charge >= 0.3 is 13.2 Å². The van der Waals surface area contributed by atoms with Gasteiger partial charge in [-0.25, -0.2) is 4.79 Å². The number of carbonyl (C=O) groups is 4. The summed E-state index contributed by atoms with van der Waals surface area (Å²) in [6, 6.07) is 12.6. The van der Waals surface area contributed by atoms with Crippen molar-refractivity contribution in [1.29, 1.82) is 0 Å². The van der Waals surface area contributed by atoms with Crippen LogP contribution in [0.1, 0.15) is 65.9 Å². The van der Waals surface area contributed by atoms with Crippen molar-refractivity contribution in [2.75, 3.05) is 6.54 Å². The number of ether oxygens (including phenoxy) is 1. The van der Waals surface area contributed by atoms with Crippen LogP contribution in [0.3, 0.4) is 0 Å². The monoisotopic (exact) mass is 555 g/mol. The van der Waals surface area contributed by atoms with Crippen LogP contribution in [0.2, 0.25) is 0 Å². The van der Waals surface area contributed by atoms with Gasteiger partial charge in [0.25, 0.3) is 0 Å². The third-order valence-corrected chi connectivity index (χ3v) is 6.04. The van der Waals surface area contributed by atoms with E-state index in [-0.39, 0.29) is 49.8 Å². The van der Waals surface area contributed by atoms with Gasteiger partial charge in [0.15, 0.2) is 5.78 Å². The lowest BCUT2D eigenvalue weighted by molar-refractivity contribution is -0.127. The lowest BCUT2D eigenvalue weighted by Gasteiger charge is -2.21. The number of amides is 3. The average molecular weight is 555 g/mol. The van der Waals surface area contributed by atoms with Crippen LogP contribution in [0.4, 0.5) is 4.79 Å². The Labute approximate surface area is 236 Å². The smallest absolute Gasteiger partial charge is 0.444 e. The molecule has 2 aromatic carbocycles. The molecule has 5 N–H and O–H groups in total. The van der Waals surface area contributed by atoms with E-state index in [9.17, 15) is 29.2 Å². The molecule has 0 aromatic heterocycles. The fraction of sp³-hybridized carbons (Fsp3) is 0.517. The van der Waals surface area contributed by atoms with Gasteiger partial charge in [0.2, 0.25) is 11.8 Å². The standard InChI is InChI=1S/C29H42BN3O7/c1-19(2)15-25(30(38)39)33-26(35)12-8-11-23(32-27(36)18-31-28(37)40-29(3,4)5)24(34)17-20-13-14-21-9-6-7-10-22(21)16-20/h6-7,9-10,13-14,16,19,23,25,38-39H,8,11-12,15,17-18H2,1-5H3,(H,31,37)(H,32,36)(H,33,35)/t23-,25-/m0/s1. The van der Waals surface area contributed by atoms with Gasteiger partial charge in [0, 0.05) is 12.8 Å². The second-order valence-electron chi connectivity index (χ2n) is 11.4. The van der Waals surface area contributed by atoms with E-state index in [1.807, 2.05) is 56.3 Å². The van der Waals surface area contributed by atoms with E-state index < -0.39 is 36.7 Å². The SMILES string of the molecule is CC(C)C[C@H](NC(=O)CCC[C@H](NC(=O)CNC(=O)OC(C)(C)C)C(=O)Cc1ccc2ccccc2c1)B(O)O. The van der Waals surface area contributed by atoms with Crippen LogP contribution in [0.15, 0.2) is 42.5 Å². The van der Waals surface area contributed by atoms with Gasteiger partial charge in [-0.3, -0.25) is 14.4 Å². The van der Waals surface area contributed by atoms with Gasteiger partial charge in [0.05, 0.1) is 12.0 Å². The number of rotatable bonds is 14. The number of Topliss-reactive ketones (excluding diaryl/α,β-unsaturated/α-hetero) is 1. The molecule has 0 aliphatic carbocycles. The minimum atomic E-state index is -1.68. The molecule has 2 rings (SSSR count). The fourth-order valence-electron chi connectivity index (χ4n) is 4.21. The lowest BCUT2D eigenvalue weighted by atomic mass is 9.75. The van der Waals surface area contributed by atoms with Crippen LogP contribution in [0.5, 0.6) is 0 Å². The molecular formula is C29H42BN3O7. The molecule has 0 spiro atoms. The second-order valence-corrected chi connectivity index (χ2v) is 11.4. The van der Waals surface area contributed by atoms with Gasteiger partial charge < -0.3 is 30.7 Å². The van der Waals surface area contributed by atoms with E-state index in [4.69, 9.17) is 4.74 Å². The molecule has 0 radical (unpaired) electrons. The van der Waals surface area contributed by atoms with Crippen molar-refractivity contribution in [1.82, 2.24) is 16.0 Å². The van der Waals surface area contributed by atoms with E-state index in [0.29, 0.717) is 6.42 Å². The van der Waals surface area contributed by atoms with Gasteiger partial charge in [-0.05, 0) is 62.3 Å². The van der Waals surface area contributed by atoms with Crippen LogP contribution in [-0.2, 0) is 25.5 Å². The molecule has 0 saturated heterocycles. The quantitative estimate of drug-likeness (QED) is 0.225. The highest BCUT2D eigenvalue weighted by molar-refractivity contribution is 6.43. The number of fused-ring (bicyclic) bond motifs is 1. The Kier molecular flexibility index (Phi) is 12.6. The predicted molar refractivity (Wildman–Crippen MR) is 154 cm³/mol. The summed E-state index contributed by atoms with van der Waals surface area (Å²) in [4.78, 5) is 50.3. The van der Waals surface area contributed by atoms with Crippen molar-refractivity contribution in [3.63, 3.8) is 0 Å². The van der Waals surface area contributed by atoms with E-state index in [0.717, 1.165) is 16.3 Å². The van der Waals surface area contributed by atoms with Crippen molar-refractivity contribution in [2.45, 2.75) is 84.3 Å². The normalized spacial score (nSPS) is 12.9. The number of ketones is 1. The highest BCUT2D eigenvalue weighted by atomic mass is 16.6. The first-order chi connectivity index (χ1) is 18.7. The maximum Gasteiger partial charge on any atom is 0.475 e. The van der Waals surface area contributed by atoms with Crippen LogP contribution in [0.25, 0.3) is 10.8 Å². The second kappa shape index (κ2) is 15.4. The van der Waals surface area contributed by atoms with Gasteiger partial charge in [-0.15, -0.1) is 0 Å². The van der Waals surface area contributed by atoms with Crippen molar-refractivity contribution in [3.05, 3.63) is 48.0 Å². The summed E-state index contributed by atoms with van der Waals surface area (Å²) in [7, 11) is -1.68. The molecule has 0 unspecified atom stereocenters. The molecule has 0 fully saturated rings. The minimum absolute atomic E-state index is 0.0348. The Morgan fingerprint density at radius 3 is 2.25 bits per heavy atom. The van der Waals surface area contributed by atoms with E-state index in [1.165, 1.54) is 0 Å². The van der Waals surface area contributed by atoms with Crippen molar-refractivity contribution in [2.24, 2.45) is 5.92 Å². The predicted octanol–water partition coefficient (Wildman–Crippen LogP) is 2.67. The molecular weight excluding hydrogens is 513 g/mol. The number of carbonyl (C=O) groups excluding carboxylic acids is 4. The highest BCUT2D eigenvalue weighted by Gasteiger charge is 2.27.